The van der Waals surface area contributed by atoms with Crippen LogP contribution in [-0.4, -0.2) is 43.0 Å². The van der Waals surface area contributed by atoms with E-state index in [2.05, 4.69) is 80.7 Å². The molecule has 216 valence electrons. The Morgan fingerprint density at radius 3 is 1.37 bits per heavy atom. The first-order valence-electron chi connectivity index (χ1n) is 13.3. The highest BCUT2D eigenvalue weighted by Gasteiger charge is 2.39. The molecule has 1 heterocycles. The number of ether oxygens (including phenoxy) is 2. The number of thiol groups is 2. The van der Waals surface area contributed by atoms with Gasteiger partial charge in [-0.05, 0) is 72.9 Å². The molecule has 3 nitrogen and oxygen atoms in total. The molecule has 1 saturated heterocycles. The molecule has 7 heteroatoms. The molecule has 0 bridgehead atoms. The minimum absolute atomic E-state index is 0.0349. The first kappa shape index (κ1) is 33.1. The van der Waals surface area contributed by atoms with Crippen molar-refractivity contribution in [2.45, 2.75) is 17.9 Å². The first-order valence-corrected chi connectivity index (χ1v) is 16.6. The molecular weight excluding hydrogens is 585 g/mol. The van der Waals surface area contributed by atoms with E-state index in [1.54, 1.807) is 38.5 Å². The number of aryl methyl sites for hydroxylation is 2. The van der Waals surface area contributed by atoms with E-state index in [9.17, 15) is 4.79 Å². The zero-order valence-corrected chi connectivity index (χ0v) is 27.4. The van der Waals surface area contributed by atoms with Gasteiger partial charge in [-0.1, -0.05) is 71.8 Å². The summed E-state index contributed by atoms with van der Waals surface area (Å²) in [4.78, 5) is 12.1. The minimum Gasteiger partial charge on any atom is -0.497 e. The zero-order chi connectivity index (χ0) is 29.7. The van der Waals surface area contributed by atoms with Gasteiger partial charge in [0.15, 0.2) is 5.78 Å². The van der Waals surface area contributed by atoms with E-state index in [1.807, 2.05) is 54.7 Å². The van der Waals surface area contributed by atoms with Crippen molar-refractivity contribution in [3.63, 3.8) is 0 Å². The molecule has 1 aliphatic heterocycles. The first-order chi connectivity index (χ1) is 19.9. The van der Waals surface area contributed by atoms with Crippen LogP contribution in [0.5, 0.6) is 11.5 Å². The lowest BCUT2D eigenvalue weighted by Gasteiger charge is -2.28. The summed E-state index contributed by atoms with van der Waals surface area (Å²) in [5.41, 5.74) is 6.59. The number of carbonyl (C=O) groups excluding carboxylic acids is 1. The van der Waals surface area contributed by atoms with Crippen LogP contribution in [0, 0.1) is 13.8 Å². The van der Waals surface area contributed by atoms with Gasteiger partial charge in [-0.3, -0.25) is 4.79 Å². The van der Waals surface area contributed by atoms with Gasteiger partial charge >= 0.3 is 0 Å². The topological polar surface area (TPSA) is 35.5 Å². The summed E-state index contributed by atoms with van der Waals surface area (Å²) in [6.07, 6.45) is 0. The average Bonchev–Trinajstić information content (AvgIpc) is 3.53. The van der Waals surface area contributed by atoms with Gasteiger partial charge in [-0.15, -0.1) is 23.5 Å². The highest BCUT2D eigenvalue weighted by atomic mass is 32.2. The second-order valence-electron chi connectivity index (χ2n) is 9.28. The third kappa shape index (κ3) is 9.27. The highest BCUT2D eigenvalue weighted by Crippen LogP contribution is 2.56. The number of hydrogen-bond acceptors (Lipinski definition) is 7. The summed E-state index contributed by atoms with van der Waals surface area (Å²) >= 11 is 11.8. The quantitative estimate of drug-likeness (QED) is 0.159. The van der Waals surface area contributed by atoms with Crippen molar-refractivity contribution in [1.82, 2.24) is 0 Å². The van der Waals surface area contributed by atoms with Gasteiger partial charge in [0, 0.05) is 22.6 Å². The Labute approximate surface area is 264 Å². The Morgan fingerprint density at radius 1 is 0.634 bits per heavy atom. The van der Waals surface area contributed by atoms with Crippen LogP contribution in [-0.2, 0) is 4.08 Å². The Bertz CT molecular complexity index is 1330. The third-order valence-electron chi connectivity index (χ3n) is 6.36. The molecule has 0 radical (unpaired) electrons. The molecule has 0 atom stereocenters. The van der Waals surface area contributed by atoms with Crippen molar-refractivity contribution in [2.75, 3.05) is 37.2 Å². The maximum absolute atomic E-state index is 12.1. The van der Waals surface area contributed by atoms with Gasteiger partial charge in [0.2, 0.25) is 0 Å². The van der Waals surface area contributed by atoms with E-state index >= 15 is 0 Å². The fraction of sp³-hybridized carbons (Fsp3) is 0.265. The Kier molecular flexibility index (Phi) is 13.6. The van der Waals surface area contributed by atoms with Crippen molar-refractivity contribution in [2.24, 2.45) is 0 Å². The van der Waals surface area contributed by atoms with Crippen LogP contribution in [0.15, 0.2) is 97.1 Å². The van der Waals surface area contributed by atoms with Gasteiger partial charge in [0.1, 0.15) is 15.6 Å². The van der Waals surface area contributed by atoms with Crippen LogP contribution in [0.1, 0.15) is 38.2 Å². The van der Waals surface area contributed by atoms with Crippen molar-refractivity contribution >= 4 is 54.6 Å². The molecule has 0 aromatic heterocycles. The molecule has 1 fully saturated rings. The average molecular weight is 623 g/mol. The van der Waals surface area contributed by atoms with E-state index < -0.39 is 0 Å². The predicted octanol–water partition coefficient (Wildman–Crippen LogP) is 8.77. The Hall–Kier alpha value is -2.45. The van der Waals surface area contributed by atoms with Crippen LogP contribution in [0.3, 0.4) is 0 Å². The fourth-order valence-electron chi connectivity index (χ4n) is 4.11. The molecule has 0 amide bonds. The number of ketones is 1. The maximum atomic E-state index is 12.1. The molecule has 0 saturated carbocycles. The highest BCUT2D eigenvalue weighted by molar-refractivity contribution is 8.20. The fourth-order valence-corrected chi connectivity index (χ4v) is 7.40. The zero-order valence-electron chi connectivity index (χ0n) is 24.0. The van der Waals surface area contributed by atoms with E-state index in [4.69, 9.17) is 9.47 Å². The molecule has 0 unspecified atom stereocenters. The molecule has 4 aromatic carbocycles. The van der Waals surface area contributed by atoms with Crippen molar-refractivity contribution in [1.29, 1.82) is 0 Å². The SMILES string of the molecule is COc1ccc(C(=O)c2ccc(C)cc2)cc1.COc1ccc(C2(c3ccc(C)cc3)SCCS2)cc1.SCCS. The summed E-state index contributed by atoms with van der Waals surface area (Å²) < 4.78 is 10.4. The lowest BCUT2D eigenvalue weighted by Crippen LogP contribution is -2.16. The number of rotatable bonds is 7. The predicted molar refractivity (Wildman–Crippen MR) is 185 cm³/mol. The van der Waals surface area contributed by atoms with Crippen LogP contribution in [0.25, 0.3) is 0 Å². The largest absolute Gasteiger partial charge is 0.497 e. The van der Waals surface area contributed by atoms with Gasteiger partial charge in [0.05, 0.1) is 14.2 Å². The van der Waals surface area contributed by atoms with Crippen molar-refractivity contribution in [3.8, 4) is 11.5 Å². The molecule has 1 aliphatic rings. The van der Waals surface area contributed by atoms with Crippen molar-refractivity contribution < 1.29 is 14.3 Å². The van der Waals surface area contributed by atoms with Crippen LogP contribution in [0.4, 0.5) is 0 Å². The van der Waals surface area contributed by atoms with Crippen LogP contribution >= 0.6 is 48.8 Å². The van der Waals surface area contributed by atoms with Crippen LogP contribution in [0.2, 0.25) is 0 Å². The second kappa shape index (κ2) is 16.9. The standard InChI is InChI=1S/C17H18OS2.C15H14O2.C2H6S2/c1-13-3-5-14(6-4-13)17(19-11-12-20-17)15-7-9-16(18-2)10-8-15;1-11-3-5-12(6-4-11)15(16)13-7-9-14(17-2)10-8-13;3-1-2-4/h3-10H,11-12H2,1-2H3;3-10H,1-2H3;3-4H,1-2H2. The second-order valence-corrected chi connectivity index (χ2v) is 13.1. The molecule has 0 spiro atoms. The summed E-state index contributed by atoms with van der Waals surface area (Å²) in [5, 5.41) is 0. The van der Waals surface area contributed by atoms with Gasteiger partial charge in [-0.2, -0.15) is 25.3 Å². The van der Waals surface area contributed by atoms with E-state index in [1.165, 1.54) is 28.2 Å². The number of benzene rings is 4. The lowest BCUT2D eigenvalue weighted by atomic mass is 10.0. The molecule has 41 heavy (non-hydrogen) atoms. The summed E-state index contributed by atoms with van der Waals surface area (Å²) in [6.45, 7) is 4.14. The monoisotopic (exact) mass is 622 g/mol. The van der Waals surface area contributed by atoms with Gasteiger partial charge in [0.25, 0.3) is 0 Å². The smallest absolute Gasteiger partial charge is 0.193 e. The summed E-state index contributed by atoms with van der Waals surface area (Å²) in [5.74, 6) is 5.86. The normalized spacial score (nSPS) is 13.2. The third-order valence-corrected chi connectivity index (χ3v) is 10.7. The van der Waals surface area contributed by atoms with Crippen molar-refractivity contribution in [3.05, 3.63) is 130 Å². The Balaban J connectivity index is 0.000000202. The Morgan fingerprint density at radius 2 is 0.976 bits per heavy atom. The van der Waals surface area contributed by atoms with E-state index in [-0.39, 0.29) is 9.86 Å². The molecule has 0 aliphatic carbocycles. The number of thioether (sulfide) groups is 2. The van der Waals surface area contributed by atoms with E-state index in [0.29, 0.717) is 11.1 Å². The molecular formula is C34H38O3S4. The number of methoxy groups -OCH3 is 2. The van der Waals surface area contributed by atoms with Crippen LogP contribution < -0.4 is 9.47 Å². The number of hydrogen-bond donors (Lipinski definition) is 2. The lowest BCUT2D eigenvalue weighted by molar-refractivity contribution is 0.103. The molecule has 0 N–H and O–H groups in total. The van der Waals surface area contributed by atoms with E-state index in [0.717, 1.165) is 28.6 Å². The summed E-state index contributed by atoms with van der Waals surface area (Å²) in [6, 6.07) is 32.2. The van der Waals surface area contributed by atoms with Gasteiger partial charge < -0.3 is 9.47 Å². The molecule has 5 rings (SSSR count). The summed E-state index contributed by atoms with van der Waals surface area (Å²) in [7, 11) is 3.32. The maximum Gasteiger partial charge on any atom is 0.193 e. The minimum atomic E-state index is 0.0349. The van der Waals surface area contributed by atoms with Gasteiger partial charge in [-0.25, -0.2) is 0 Å². The molecule has 4 aromatic rings. The number of carbonyl (C=O) groups is 1.